The van der Waals surface area contributed by atoms with Crippen molar-refractivity contribution in [2.45, 2.75) is 13.0 Å². The molecule has 4 rings (SSSR count). The summed E-state index contributed by atoms with van der Waals surface area (Å²) in [5.41, 5.74) is 4.23. The second-order valence-corrected chi connectivity index (χ2v) is 6.75. The normalized spacial score (nSPS) is 10.9. The maximum atomic E-state index is 6.34. The van der Waals surface area contributed by atoms with Gasteiger partial charge in [-0.25, -0.2) is 9.97 Å². The van der Waals surface area contributed by atoms with Gasteiger partial charge >= 0.3 is 0 Å². The van der Waals surface area contributed by atoms with Crippen molar-refractivity contribution >= 4 is 35.3 Å². The third kappa shape index (κ3) is 3.87. The highest BCUT2D eigenvalue weighted by Crippen LogP contribution is 2.23. The summed E-state index contributed by atoms with van der Waals surface area (Å²) in [5, 5.41) is 3.74. The fraction of sp³-hybridized carbons (Fsp3) is 0.143. The lowest BCUT2D eigenvalue weighted by atomic mass is 10.1. The number of hydrogen-bond acceptors (Lipinski definition) is 5. The molecule has 0 aliphatic heterocycles. The number of hydrogen-bond donors (Lipinski definition) is 1. The Morgan fingerprint density at radius 3 is 2.64 bits per heavy atom. The van der Waals surface area contributed by atoms with Gasteiger partial charge in [-0.15, -0.1) is 0 Å². The first-order valence-electron chi connectivity index (χ1n) is 8.94. The van der Waals surface area contributed by atoms with E-state index in [-0.39, 0.29) is 0 Å². The van der Waals surface area contributed by atoms with Crippen LogP contribution in [0.5, 0.6) is 0 Å². The number of halogens is 1. The van der Waals surface area contributed by atoms with Crippen LogP contribution in [-0.2, 0) is 13.0 Å². The lowest BCUT2D eigenvalue weighted by molar-refractivity contribution is 0.952. The number of aromatic nitrogens is 4. The zero-order valence-corrected chi connectivity index (χ0v) is 16.0. The summed E-state index contributed by atoms with van der Waals surface area (Å²) in [7, 11) is 0. The largest absolute Gasteiger partial charge is 0.354 e. The molecule has 140 valence electrons. The Balaban J connectivity index is 1.47. The molecule has 28 heavy (non-hydrogen) atoms. The smallest absolute Gasteiger partial charge is 0.224 e. The van der Waals surface area contributed by atoms with Crippen LogP contribution >= 0.6 is 11.6 Å². The predicted octanol–water partition coefficient (Wildman–Crippen LogP) is 4.32. The Labute approximate surface area is 168 Å². The van der Waals surface area contributed by atoms with Gasteiger partial charge in [-0.05, 0) is 36.4 Å². The molecule has 0 aliphatic rings. The summed E-state index contributed by atoms with van der Waals surface area (Å²) in [6, 6.07) is 16.2. The maximum Gasteiger partial charge on any atom is 0.224 e. The number of aliphatic imine (C=N–C) groups is 1. The number of imidazole rings is 1. The van der Waals surface area contributed by atoms with E-state index in [0.717, 1.165) is 23.0 Å². The number of rotatable bonds is 7. The van der Waals surface area contributed by atoms with Crippen molar-refractivity contribution in [1.82, 2.24) is 19.5 Å². The van der Waals surface area contributed by atoms with Crippen molar-refractivity contribution in [2.24, 2.45) is 4.99 Å². The molecule has 4 aromatic rings. The van der Waals surface area contributed by atoms with Gasteiger partial charge in [-0.3, -0.25) is 9.56 Å². The van der Waals surface area contributed by atoms with E-state index in [2.05, 4.69) is 56.2 Å². The topological polar surface area (TPSA) is 68.0 Å². The minimum absolute atomic E-state index is 0.472. The molecule has 0 spiro atoms. The standard InChI is InChI=1S/C21H19ClN6/c1-23-12-16-8-6-15(7-9-16)10-11-24-21-25-13-17(22)20(27-21)28-14-26-18-4-2-3-5-19(18)28/h2-9,13-14H,1,10-12H2,(H,24,25,27). The lowest BCUT2D eigenvalue weighted by Crippen LogP contribution is -2.10. The van der Waals surface area contributed by atoms with Crippen molar-refractivity contribution in [3.8, 4) is 5.82 Å². The SMILES string of the molecule is C=NCc1ccc(CCNc2ncc(Cl)c(-n3cnc4ccccc43)n2)cc1. The zero-order valence-electron chi connectivity index (χ0n) is 15.2. The second kappa shape index (κ2) is 8.19. The van der Waals surface area contributed by atoms with Gasteiger partial charge in [0.25, 0.3) is 0 Å². The van der Waals surface area contributed by atoms with E-state index >= 15 is 0 Å². The van der Waals surface area contributed by atoms with Gasteiger partial charge in [0.15, 0.2) is 5.82 Å². The van der Waals surface area contributed by atoms with Gasteiger partial charge < -0.3 is 5.32 Å². The number of nitrogens with zero attached hydrogens (tertiary/aromatic N) is 5. The Bertz CT molecular complexity index is 1100. The minimum atomic E-state index is 0.472. The molecule has 2 heterocycles. The summed E-state index contributed by atoms with van der Waals surface area (Å²) in [6.45, 7) is 4.88. The van der Waals surface area contributed by atoms with Gasteiger partial charge in [-0.1, -0.05) is 48.0 Å². The van der Waals surface area contributed by atoms with Gasteiger partial charge in [0.05, 0.1) is 23.8 Å². The molecule has 0 bridgehead atoms. The molecule has 6 nitrogen and oxygen atoms in total. The van der Waals surface area contributed by atoms with E-state index < -0.39 is 0 Å². The van der Waals surface area contributed by atoms with Crippen molar-refractivity contribution in [1.29, 1.82) is 0 Å². The van der Waals surface area contributed by atoms with E-state index in [1.807, 2.05) is 28.8 Å². The quantitative estimate of drug-likeness (QED) is 0.477. The molecule has 0 fully saturated rings. The number of para-hydroxylation sites is 2. The van der Waals surface area contributed by atoms with Gasteiger partial charge in [0, 0.05) is 6.54 Å². The van der Waals surface area contributed by atoms with Crippen LogP contribution in [0, 0.1) is 0 Å². The fourth-order valence-electron chi connectivity index (χ4n) is 3.00. The molecule has 0 atom stereocenters. The number of benzene rings is 2. The number of fused-ring (bicyclic) bond motifs is 1. The maximum absolute atomic E-state index is 6.34. The molecule has 0 unspecified atom stereocenters. The van der Waals surface area contributed by atoms with Crippen LogP contribution in [0.4, 0.5) is 5.95 Å². The zero-order chi connectivity index (χ0) is 19.3. The summed E-state index contributed by atoms with van der Waals surface area (Å²) in [4.78, 5) is 17.2. The molecule has 0 aliphatic carbocycles. The van der Waals surface area contributed by atoms with Crippen LogP contribution in [0.3, 0.4) is 0 Å². The van der Waals surface area contributed by atoms with Crippen molar-refractivity contribution in [3.63, 3.8) is 0 Å². The van der Waals surface area contributed by atoms with E-state index in [1.165, 1.54) is 5.56 Å². The van der Waals surface area contributed by atoms with Crippen molar-refractivity contribution in [3.05, 3.63) is 77.2 Å². The first-order chi connectivity index (χ1) is 13.7. The highest BCUT2D eigenvalue weighted by atomic mass is 35.5. The predicted molar refractivity (Wildman–Crippen MR) is 114 cm³/mol. The Kier molecular flexibility index (Phi) is 5.30. The lowest BCUT2D eigenvalue weighted by Gasteiger charge is -2.09. The van der Waals surface area contributed by atoms with E-state index in [0.29, 0.717) is 29.9 Å². The summed E-state index contributed by atoms with van der Waals surface area (Å²) < 4.78 is 1.87. The highest BCUT2D eigenvalue weighted by molar-refractivity contribution is 6.32. The molecule has 2 aromatic carbocycles. The molecule has 0 saturated heterocycles. The second-order valence-electron chi connectivity index (χ2n) is 6.34. The third-order valence-electron chi connectivity index (χ3n) is 4.42. The fourth-order valence-corrected chi connectivity index (χ4v) is 3.18. The number of anilines is 1. The van der Waals surface area contributed by atoms with E-state index in [1.54, 1.807) is 12.5 Å². The average molecular weight is 391 g/mol. The van der Waals surface area contributed by atoms with Gasteiger partial charge in [-0.2, -0.15) is 4.98 Å². The highest BCUT2D eigenvalue weighted by Gasteiger charge is 2.11. The first-order valence-corrected chi connectivity index (χ1v) is 9.31. The van der Waals surface area contributed by atoms with Crippen LogP contribution in [0.2, 0.25) is 5.02 Å². The summed E-state index contributed by atoms with van der Waals surface area (Å²) >= 11 is 6.34. The Morgan fingerprint density at radius 2 is 1.82 bits per heavy atom. The first kappa shape index (κ1) is 18.1. The van der Waals surface area contributed by atoms with Gasteiger partial charge in [0.2, 0.25) is 5.95 Å². The van der Waals surface area contributed by atoms with E-state index in [4.69, 9.17) is 11.6 Å². The monoisotopic (exact) mass is 390 g/mol. The Hall–Kier alpha value is -3.25. The van der Waals surface area contributed by atoms with Crippen LogP contribution in [0.25, 0.3) is 16.9 Å². The van der Waals surface area contributed by atoms with Crippen LogP contribution in [0.1, 0.15) is 11.1 Å². The molecular weight excluding hydrogens is 372 g/mol. The molecule has 0 amide bonds. The van der Waals surface area contributed by atoms with Gasteiger partial charge in [0.1, 0.15) is 11.3 Å². The van der Waals surface area contributed by atoms with Crippen LogP contribution < -0.4 is 5.32 Å². The molecule has 2 aromatic heterocycles. The Morgan fingerprint density at radius 1 is 1.04 bits per heavy atom. The number of nitrogens with one attached hydrogen (secondary N) is 1. The minimum Gasteiger partial charge on any atom is -0.354 e. The van der Waals surface area contributed by atoms with Crippen molar-refractivity contribution in [2.75, 3.05) is 11.9 Å². The van der Waals surface area contributed by atoms with Crippen LogP contribution in [-0.4, -0.2) is 32.8 Å². The van der Waals surface area contributed by atoms with Crippen molar-refractivity contribution < 1.29 is 0 Å². The van der Waals surface area contributed by atoms with Crippen LogP contribution in [0.15, 0.2) is 66.0 Å². The molecule has 0 saturated carbocycles. The molecule has 0 radical (unpaired) electrons. The molecule has 7 heteroatoms. The molecular formula is C21H19ClN6. The van der Waals surface area contributed by atoms with E-state index in [9.17, 15) is 0 Å². The third-order valence-corrected chi connectivity index (χ3v) is 4.69. The average Bonchev–Trinajstić information content (AvgIpc) is 3.15. The summed E-state index contributed by atoms with van der Waals surface area (Å²) in [5.74, 6) is 1.14. The molecule has 1 N–H and O–H groups in total. The summed E-state index contributed by atoms with van der Waals surface area (Å²) in [6.07, 6.45) is 4.19.